The molecule has 0 rings (SSSR count). The third-order valence-electron chi connectivity index (χ3n) is 0.0956. The summed E-state index contributed by atoms with van der Waals surface area (Å²) in [5, 5.41) is 29.5. The van der Waals surface area contributed by atoms with E-state index in [1.807, 2.05) is 0 Å². The zero-order valence-electron chi connectivity index (χ0n) is 9.01. The largest absolute Gasteiger partial charge is 1.00 e. The smallest absolute Gasteiger partial charge is 1.00 e. The molecule has 0 heterocycles. The van der Waals surface area contributed by atoms with Crippen LogP contribution in [0.5, 0.6) is 0 Å². The number of hydrogen-bond acceptors (Lipinski definition) is 4. The van der Waals surface area contributed by atoms with E-state index in [-0.39, 0.29) is 20.3 Å². The van der Waals surface area contributed by atoms with Gasteiger partial charge in [0.15, 0.2) is 6.07 Å². The molecule has 0 aromatic rings. The maximum Gasteiger partial charge on any atom is 1.00 e. The zero-order chi connectivity index (χ0) is 11.4. The summed E-state index contributed by atoms with van der Waals surface area (Å²) >= 11 is 0. The third-order valence-corrected chi connectivity index (χ3v) is 0.0956. The Morgan fingerprint density at radius 3 is 1.14 bits per heavy atom. The molecule has 3 N–H and O–H groups in total. The van der Waals surface area contributed by atoms with Gasteiger partial charge in [0, 0.05) is 13.8 Å². The minimum Gasteiger partial charge on any atom is -1.00 e. The molecule has 0 unspecified atom stereocenters. The maximum atomic E-state index is 9.01. The molecule has 8 heteroatoms. The van der Waals surface area contributed by atoms with Crippen LogP contribution in [0.4, 0.5) is 0 Å². The van der Waals surface area contributed by atoms with E-state index in [9.17, 15) is 0 Å². The molecule has 0 saturated heterocycles. The van der Waals surface area contributed by atoms with Crippen LogP contribution in [0.15, 0.2) is 0 Å². The first kappa shape index (κ1) is 22.9. The number of nitriles is 1. The minimum atomic E-state index is -1.44. The first-order valence-electron chi connectivity index (χ1n) is 2.76. The van der Waals surface area contributed by atoms with Crippen LogP contribution in [0.3, 0.4) is 0 Å². The van der Waals surface area contributed by atoms with Gasteiger partial charge in [-0.3, -0.25) is 9.59 Å². The molecule has 0 saturated carbocycles. The van der Waals surface area contributed by atoms with Crippen molar-refractivity contribution in [3.63, 3.8) is 0 Å². The zero-order valence-corrected chi connectivity index (χ0v) is 8.01. The second-order valence-electron chi connectivity index (χ2n) is 1.45. The van der Waals surface area contributed by atoms with E-state index in [0.29, 0.717) is 0 Å². The van der Waals surface area contributed by atoms with Crippen molar-refractivity contribution in [3.8, 4) is 6.07 Å². The van der Waals surface area contributed by atoms with Gasteiger partial charge >= 0.3 is 24.8 Å². The molecular formula is C6H10LiNO6. The predicted octanol–water partition coefficient (Wildman–Crippen LogP) is -3.11. The van der Waals surface area contributed by atoms with Gasteiger partial charge in [0.05, 0.1) is 0 Å². The van der Waals surface area contributed by atoms with Crippen LogP contribution in [-0.4, -0.2) is 33.2 Å². The number of rotatable bonds is 0. The number of nitrogens with zero attached hydrogens (tertiary/aromatic N) is 1. The normalized spacial score (nSPS) is 5.50. The van der Waals surface area contributed by atoms with Gasteiger partial charge in [0.25, 0.3) is 11.9 Å². The number of carboxylic acids is 3. The molecule has 0 bridgehead atoms. The molecule has 0 amide bonds. The van der Waals surface area contributed by atoms with Crippen LogP contribution in [0.1, 0.15) is 15.3 Å². The monoisotopic (exact) mass is 199 g/mol. The van der Waals surface area contributed by atoms with E-state index in [4.69, 9.17) is 35.0 Å². The van der Waals surface area contributed by atoms with Gasteiger partial charge in [0.2, 0.25) is 0 Å². The summed E-state index contributed by atoms with van der Waals surface area (Å²) in [6, 6.07) is 0.944. The Labute approximate surface area is 93.6 Å². The van der Waals surface area contributed by atoms with E-state index in [0.717, 1.165) is 19.9 Å². The van der Waals surface area contributed by atoms with E-state index in [2.05, 4.69) is 0 Å². The Balaban J connectivity index is -0.0000000315. The fourth-order valence-electron chi connectivity index (χ4n) is 0. The van der Waals surface area contributed by atoms with Crippen LogP contribution in [0.25, 0.3) is 0 Å². The SMILES string of the molecule is CC(=O)O.CC(=O)O.N#CC(=O)O.[H-].[Li+]. The van der Waals surface area contributed by atoms with Crippen molar-refractivity contribution in [2.45, 2.75) is 13.8 Å². The Kier molecular flexibility index (Phi) is 28.7. The van der Waals surface area contributed by atoms with Crippen molar-refractivity contribution in [2.24, 2.45) is 0 Å². The molecule has 0 aliphatic carbocycles. The summed E-state index contributed by atoms with van der Waals surface area (Å²) in [7, 11) is 0. The number of aliphatic carboxylic acids is 3. The summed E-state index contributed by atoms with van der Waals surface area (Å²) in [6.45, 7) is 2.17. The molecule has 0 fully saturated rings. The summed E-state index contributed by atoms with van der Waals surface area (Å²) < 4.78 is 0. The van der Waals surface area contributed by atoms with E-state index in [1.165, 1.54) is 0 Å². The van der Waals surface area contributed by atoms with E-state index < -0.39 is 17.9 Å². The van der Waals surface area contributed by atoms with Gasteiger partial charge in [-0.15, -0.1) is 0 Å². The van der Waals surface area contributed by atoms with Crippen molar-refractivity contribution in [1.29, 1.82) is 5.26 Å². The number of carbonyl (C=O) groups is 3. The van der Waals surface area contributed by atoms with Gasteiger partial charge in [-0.25, -0.2) is 4.79 Å². The second-order valence-corrected chi connectivity index (χ2v) is 1.45. The van der Waals surface area contributed by atoms with Crippen LogP contribution in [0, 0.1) is 11.3 Å². The first-order chi connectivity index (χ1) is 5.73. The van der Waals surface area contributed by atoms with Crippen molar-refractivity contribution in [3.05, 3.63) is 0 Å². The fraction of sp³-hybridized carbons (Fsp3) is 0.333. The molecule has 76 valence electrons. The Hall–Kier alpha value is -1.50. The van der Waals surface area contributed by atoms with Crippen molar-refractivity contribution in [2.75, 3.05) is 0 Å². The quantitative estimate of drug-likeness (QED) is 0.213. The predicted molar refractivity (Wildman–Crippen MR) is 41.0 cm³/mol. The summed E-state index contributed by atoms with van der Waals surface area (Å²) in [6.07, 6.45) is 0. The Bertz CT molecular complexity index is 206. The molecular weight excluding hydrogens is 189 g/mol. The van der Waals surface area contributed by atoms with Crippen LogP contribution in [-0.2, 0) is 14.4 Å². The standard InChI is InChI=1S/C2HNO2.2C2H4O2.Li.H/c3-1-2(4)5;2*1-2(3)4;;/h(H,4,5);2*1H3,(H,3,4);;/q;;;+1;-1. The van der Waals surface area contributed by atoms with Crippen LogP contribution >= 0.6 is 0 Å². The van der Waals surface area contributed by atoms with Crippen LogP contribution < -0.4 is 18.9 Å². The van der Waals surface area contributed by atoms with Crippen molar-refractivity contribution < 1.29 is 50.0 Å². The topological polar surface area (TPSA) is 136 Å². The molecule has 0 atom stereocenters. The molecule has 7 nitrogen and oxygen atoms in total. The molecule has 14 heavy (non-hydrogen) atoms. The molecule has 0 radical (unpaired) electrons. The summed E-state index contributed by atoms with van der Waals surface area (Å²) in [5.41, 5.74) is 0. The average molecular weight is 199 g/mol. The van der Waals surface area contributed by atoms with E-state index in [1.54, 1.807) is 0 Å². The summed E-state index contributed by atoms with van der Waals surface area (Å²) in [4.78, 5) is 27.0. The molecule has 0 aliphatic rings. The maximum absolute atomic E-state index is 9.01. The molecule has 0 spiro atoms. The first-order valence-corrected chi connectivity index (χ1v) is 2.76. The van der Waals surface area contributed by atoms with Gasteiger partial charge in [-0.05, 0) is 0 Å². The number of hydrogen-bond donors (Lipinski definition) is 3. The van der Waals surface area contributed by atoms with E-state index >= 15 is 0 Å². The molecule has 0 aliphatic heterocycles. The second kappa shape index (κ2) is 17.5. The fourth-order valence-corrected chi connectivity index (χ4v) is 0. The minimum absolute atomic E-state index is 0. The molecule has 0 aromatic heterocycles. The Morgan fingerprint density at radius 2 is 1.14 bits per heavy atom. The average Bonchev–Trinajstić information content (AvgIpc) is 1.84. The van der Waals surface area contributed by atoms with Gasteiger partial charge in [0.1, 0.15) is 0 Å². The summed E-state index contributed by atoms with van der Waals surface area (Å²) in [5.74, 6) is -3.11. The third kappa shape index (κ3) is 3830. The van der Waals surface area contributed by atoms with Gasteiger partial charge < -0.3 is 16.7 Å². The van der Waals surface area contributed by atoms with Gasteiger partial charge in [-0.2, -0.15) is 5.26 Å². The number of carboxylic acid groups (broad SMARTS) is 3. The molecule has 0 aromatic carbocycles. The van der Waals surface area contributed by atoms with Gasteiger partial charge in [-0.1, -0.05) is 0 Å². The Morgan fingerprint density at radius 1 is 1.07 bits per heavy atom. The van der Waals surface area contributed by atoms with Crippen molar-refractivity contribution >= 4 is 17.9 Å². The van der Waals surface area contributed by atoms with Crippen molar-refractivity contribution in [1.82, 2.24) is 0 Å². The van der Waals surface area contributed by atoms with Crippen LogP contribution in [0.2, 0.25) is 0 Å².